The Morgan fingerprint density at radius 3 is 2.53 bits per heavy atom. The van der Waals surface area contributed by atoms with E-state index in [9.17, 15) is 0 Å². The number of nitrogen functional groups attached to an aromatic ring is 1. The molecule has 2 N–H and O–H groups in total. The monoisotopic (exact) mass is 234 g/mol. The lowest BCUT2D eigenvalue weighted by molar-refractivity contribution is 0.172. The molecule has 0 amide bonds. The molecule has 0 spiro atoms. The fourth-order valence-electron chi connectivity index (χ4n) is 2.21. The maximum atomic E-state index is 6.06. The third-order valence-electron chi connectivity index (χ3n) is 3.33. The molecular weight excluding hydrogens is 216 g/mol. The van der Waals surface area contributed by atoms with Gasteiger partial charge in [-0.25, -0.2) is 0 Å². The van der Waals surface area contributed by atoms with Crippen LogP contribution < -0.4 is 20.1 Å². The van der Waals surface area contributed by atoms with Crippen molar-refractivity contribution in [2.45, 2.75) is 12.8 Å². The van der Waals surface area contributed by atoms with E-state index >= 15 is 0 Å². The van der Waals surface area contributed by atoms with Crippen LogP contribution in [0.1, 0.15) is 12.8 Å². The maximum absolute atomic E-state index is 6.06. The van der Waals surface area contributed by atoms with Crippen LogP contribution in [-0.4, -0.2) is 26.8 Å². The zero-order chi connectivity index (χ0) is 11.8. The molecule has 1 saturated carbocycles. The summed E-state index contributed by atoms with van der Waals surface area (Å²) in [5.41, 5.74) is 7.87. The van der Waals surface area contributed by atoms with Crippen molar-refractivity contribution in [1.29, 1.82) is 0 Å². The van der Waals surface area contributed by atoms with Crippen LogP contribution in [0.25, 0.3) is 0 Å². The van der Waals surface area contributed by atoms with Gasteiger partial charge in [-0.2, -0.15) is 0 Å². The van der Waals surface area contributed by atoms with E-state index in [1.165, 1.54) is 12.8 Å². The number of fused-ring (bicyclic) bond motifs is 1. The van der Waals surface area contributed by atoms with Crippen molar-refractivity contribution in [3.8, 4) is 11.5 Å². The summed E-state index contributed by atoms with van der Waals surface area (Å²) in [5.74, 6) is 2.41. The number of anilines is 2. The Hall–Kier alpha value is -1.58. The second-order valence-corrected chi connectivity index (χ2v) is 4.88. The van der Waals surface area contributed by atoms with Gasteiger partial charge in [-0.1, -0.05) is 0 Å². The molecule has 0 unspecified atom stereocenters. The van der Waals surface area contributed by atoms with Gasteiger partial charge in [-0.15, -0.1) is 0 Å². The molecule has 1 heterocycles. The molecule has 1 fully saturated rings. The van der Waals surface area contributed by atoms with Crippen molar-refractivity contribution in [2.24, 2.45) is 5.92 Å². The maximum Gasteiger partial charge on any atom is 0.163 e. The Morgan fingerprint density at radius 2 is 1.88 bits per heavy atom. The number of nitrogens with two attached hydrogens (primary N) is 1. The summed E-state index contributed by atoms with van der Waals surface area (Å²) < 4.78 is 11.1. The first-order valence-corrected chi connectivity index (χ1v) is 6.14. The molecule has 4 nitrogen and oxygen atoms in total. The minimum Gasteiger partial charge on any atom is -0.486 e. The molecule has 1 aromatic carbocycles. The first-order chi connectivity index (χ1) is 8.24. The molecule has 92 valence electrons. The van der Waals surface area contributed by atoms with E-state index in [1.807, 2.05) is 12.1 Å². The van der Waals surface area contributed by atoms with E-state index < -0.39 is 0 Å². The molecule has 0 bridgehead atoms. The number of rotatable bonds is 3. The molecule has 0 saturated heterocycles. The number of hydrogen-bond donors (Lipinski definition) is 1. The van der Waals surface area contributed by atoms with Crippen molar-refractivity contribution >= 4 is 11.4 Å². The Kier molecular flexibility index (Phi) is 2.50. The van der Waals surface area contributed by atoms with Crippen LogP contribution >= 0.6 is 0 Å². The smallest absolute Gasteiger partial charge is 0.163 e. The van der Waals surface area contributed by atoms with Crippen LogP contribution in [0, 0.1) is 5.92 Å². The van der Waals surface area contributed by atoms with E-state index in [0.29, 0.717) is 13.2 Å². The Bertz CT molecular complexity index is 430. The summed E-state index contributed by atoms with van der Waals surface area (Å²) in [7, 11) is 2.08. The average Bonchev–Trinajstić information content (AvgIpc) is 3.12. The van der Waals surface area contributed by atoms with Gasteiger partial charge in [-0.05, 0) is 18.8 Å². The fraction of sp³-hybridized carbons (Fsp3) is 0.538. The average molecular weight is 234 g/mol. The molecule has 17 heavy (non-hydrogen) atoms. The van der Waals surface area contributed by atoms with Crippen molar-refractivity contribution in [3.63, 3.8) is 0 Å². The summed E-state index contributed by atoms with van der Waals surface area (Å²) in [5, 5.41) is 0. The molecule has 0 radical (unpaired) electrons. The minimum atomic E-state index is 0.601. The Balaban J connectivity index is 1.87. The van der Waals surface area contributed by atoms with Crippen molar-refractivity contribution in [2.75, 3.05) is 37.4 Å². The van der Waals surface area contributed by atoms with Crippen LogP contribution in [0.15, 0.2) is 12.1 Å². The zero-order valence-corrected chi connectivity index (χ0v) is 10.1. The minimum absolute atomic E-state index is 0.601. The van der Waals surface area contributed by atoms with Gasteiger partial charge >= 0.3 is 0 Å². The number of nitrogens with zero attached hydrogens (tertiary/aromatic N) is 1. The summed E-state index contributed by atoms with van der Waals surface area (Å²) in [6, 6.07) is 3.86. The highest BCUT2D eigenvalue weighted by Gasteiger charge is 2.24. The second kappa shape index (κ2) is 4.02. The highest BCUT2D eigenvalue weighted by molar-refractivity contribution is 5.73. The SMILES string of the molecule is CN(CC1CC1)c1cc2c(cc1N)OCCO2. The Morgan fingerprint density at radius 1 is 1.24 bits per heavy atom. The lowest BCUT2D eigenvalue weighted by Gasteiger charge is -2.25. The van der Waals surface area contributed by atoms with Crippen molar-refractivity contribution < 1.29 is 9.47 Å². The van der Waals surface area contributed by atoms with Gasteiger partial charge in [0.05, 0.1) is 11.4 Å². The summed E-state index contributed by atoms with van der Waals surface area (Å²) in [6.07, 6.45) is 2.68. The predicted molar refractivity (Wildman–Crippen MR) is 67.8 cm³/mol. The van der Waals surface area contributed by atoms with Crippen molar-refractivity contribution in [3.05, 3.63) is 12.1 Å². The van der Waals surface area contributed by atoms with Gasteiger partial charge in [0.2, 0.25) is 0 Å². The van der Waals surface area contributed by atoms with E-state index in [0.717, 1.165) is 35.3 Å². The first kappa shape index (κ1) is 10.6. The largest absolute Gasteiger partial charge is 0.486 e. The lowest BCUT2D eigenvalue weighted by Crippen LogP contribution is -2.22. The normalized spacial score (nSPS) is 17.9. The molecule has 2 aliphatic rings. The van der Waals surface area contributed by atoms with Crippen LogP contribution in [0.2, 0.25) is 0 Å². The summed E-state index contributed by atoms with van der Waals surface area (Å²) >= 11 is 0. The van der Waals surface area contributed by atoms with Gasteiger partial charge in [-0.3, -0.25) is 0 Å². The van der Waals surface area contributed by atoms with Crippen LogP contribution in [0.3, 0.4) is 0 Å². The molecule has 1 aliphatic heterocycles. The second-order valence-electron chi connectivity index (χ2n) is 4.88. The molecule has 0 atom stereocenters. The molecule has 0 aromatic heterocycles. The van der Waals surface area contributed by atoms with Gasteiger partial charge in [0.15, 0.2) is 11.5 Å². The predicted octanol–water partition coefficient (Wildman–Crippen LogP) is 1.89. The zero-order valence-electron chi connectivity index (χ0n) is 10.1. The van der Waals surface area contributed by atoms with Gasteiger partial charge in [0.1, 0.15) is 13.2 Å². The number of benzene rings is 1. The molecule has 4 heteroatoms. The highest BCUT2D eigenvalue weighted by Crippen LogP contribution is 2.39. The first-order valence-electron chi connectivity index (χ1n) is 6.14. The van der Waals surface area contributed by atoms with Gasteiger partial charge < -0.3 is 20.1 Å². The standard InChI is InChI=1S/C13H18N2O2/c1-15(8-9-2-3-9)11-7-13-12(6-10(11)14)16-4-5-17-13/h6-7,9H,2-5,8,14H2,1H3. The molecule has 1 aliphatic carbocycles. The van der Waals surface area contributed by atoms with Gasteiger partial charge in [0, 0.05) is 25.7 Å². The summed E-state index contributed by atoms with van der Waals surface area (Å²) in [4.78, 5) is 2.21. The Labute approximate surface area is 101 Å². The van der Waals surface area contributed by atoms with E-state index in [4.69, 9.17) is 15.2 Å². The summed E-state index contributed by atoms with van der Waals surface area (Å²) in [6.45, 7) is 2.29. The fourth-order valence-corrected chi connectivity index (χ4v) is 2.21. The van der Waals surface area contributed by atoms with E-state index in [2.05, 4.69) is 11.9 Å². The molecular formula is C13H18N2O2. The third-order valence-corrected chi connectivity index (χ3v) is 3.33. The van der Waals surface area contributed by atoms with Crippen LogP contribution in [-0.2, 0) is 0 Å². The van der Waals surface area contributed by atoms with Crippen molar-refractivity contribution in [1.82, 2.24) is 0 Å². The van der Waals surface area contributed by atoms with Gasteiger partial charge in [0.25, 0.3) is 0 Å². The topological polar surface area (TPSA) is 47.7 Å². The number of hydrogen-bond acceptors (Lipinski definition) is 4. The van der Waals surface area contributed by atoms with Crippen LogP contribution in [0.5, 0.6) is 11.5 Å². The number of ether oxygens (including phenoxy) is 2. The lowest BCUT2D eigenvalue weighted by atomic mass is 10.2. The molecule has 1 aromatic rings. The quantitative estimate of drug-likeness (QED) is 0.811. The third kappa shape index (κ3) is 2.12. The highest BCUT2D eigenvalue weighted by atomic mass is 16.6. The van der Waals surface area contributed by atoms with Crippen LogP contribution in [0.4, 0.5) is 11.4 Å². The molecule has 3 rings (SSSR count). The van der Waals surface area contributed by atoms with E-state index in [1.54, 1.807) is 0 Å². The van der Waals surface area contributed by atoms with E-state index in [-0.39, 0.29) is 0 Å².